The number of carbonyl (C=O) groups is 2. The van der Waals surface area contributed by atoms with Gasteiger partial charge in [0, 0.05) is 13.0 Å². The van der Waals surface area contributed by atoms with Gasteiger partial charge in [-0.3, -0.25) is 14.5 Å². The van der Waals surface area contributed by atoms with E-state index in [0.29, 0.717) is 40.3 Å². The number of unbranched alkanes of at least 4 members (excludes halogenated alkanes) is 2. The van der Waals surface area contributed by atoms with Gasteiger partial charge in [-0.2, -0.15) is 0 Å². The first-order valence-corrected chi connectivity index (χ1v) is 10.9. The van der Waals surface area contributed by atoms with E-state index in [1.54, 1.807) is 32.4 Å². The van der Waals surface area contributed by atoms with E-state index in [-0.39, 0.29) is 18.3 Å². The monoisotopic (exact) mass is 437 g/mol. The molecule has 1 fully saturated rings. The number of hydrogen-bond acceptors (Lipinski definition) is 7. The molecule has 0 unspecified atom stereocenters. The van der Waals surface area contributed by atoms with Crippen molar-refractivity contribution in [3.05, 3.63) is 28.7 Å². The quantitative estimate of drug-likeness (QED) is 0.220. The Hall–Kier alpha value is -2.06. The molecule has 0 bridgehead atoms. The van der Waals surface area contributed by atoms with Crippen molar-refractivity contribution in [3.63, 3.8) is 0 Å². The fourth-order valence-corrected chi connectivity index (χ4v) is 4.09. The van der Waals surface area contributed by atoms with Gasteiger partial charge in [-0.15, -0.1) is 0 Å². The molecular formula is C21H27NO5S2. The van der Waals surface area contributed by atoms with Crippen molar-refractivity contribution in [2.24, 2.45) is 0 Å². The normalized spacial score (nSPS) is 15.1. The van der Waals surface area contributed by atoms with Gasteiger partial charge in [0.05, 0.1) is 25.7 Å². The largest absolute Gasteiger partial charge is 0.493 e. The number of rotatable bonds is 11. The van der Waals surface area contributed by atoms with Crippen LogP contribution in [0.5, 0.6) is 11.5 Å². The Bertz CT molecular complexity index is 778. The summed E-state index contributed by atoms with van der Waals surface area (Å²) in [6.45, 7) is 2.96. The highest BCUT2D eigenvalue weighted by Gasteiger charge is 2.31. The van der Waals surface area contributed by atoms with Crippen LogP contribution in [0.25, 0.3) is 6.08 Å². The summed E-state index contributed by atoms with van der Waals surface area (Å²) in [5.41, 5.74) is 0.818. The molecule has 1 heterocycles. The molecule has 1 aliphatic heterocycles. The first-order chi connectivity index (χ1) is 14.0. The second kappa shape index (κ2) is 11.8. The van der Waals surface area contributed by atoms with Crippen LogP contribution in [0.2, 0.25) is 0 Å². The highest BCUT2D eigenvalue weighted by molar-refractivity contribution is 8.26. The minimum absolute atomic E-state index is 0.147. The molecule has 1 aliphatic rings. The molecule has 0 spiro atoms. The van der Waals surface area contributed by atoms with Crippen molar-refractivity contribution in [2.45, 2.75) is 39.0 Å². The lowest BCUT2D eigenvalue weighted by Gasteiger charge is -2.14. The molecule has 1 saturated heterocycles. The van der Waals surface area contributed by atoms with Crippen molar-refractivity contribution in [2.75, 3.05) is 27.4 Å². The molecule has 158 valence electrons. The summed E-state index contributed by atoms with van der Waals surface area (Å²) < 4.78 is 16.2. The molecule has 0 N–H and O–H groups in total. The van der Waals surface area contributed by atoms with Crippen LogP contribution >= 0.6 is 24.0 Å². The number of thioether (sulfide) groups is 1. The number of benzene rings is 1. The maximum atomic E-state index is 12.7. The molecule has 29 heavy (non-hydrogen) atoms. The van der Waals surface area contributed by atoms with E-state index >= 15 is 0 Å². The Balaban J connectivity index is 1.91. The molecule has 0 radical (unpaired) electrons. The van der Waals surface area contributed by atoms with Gasteiger partial charge >= 0.3 is 5.97 Å². The Kier molecular flexibility index (Phi) is 9.47. The molecule has 8 heteroatoms. The van der Waals surface area contributed by atoms with E-state index < -0.39 is 0 Å². The molecule has 0 atom stereocenters. The van der Waals surface area contributed by atoms with Crippen LogP contribution in [-0.4, -0.2) is 48.5 Å². The van der Waals surface area contributed by atoms with Crippen LogP contribution in [-0.2, 0) is 14.3 Å². The predicted octanol–water partition coefficient (Wildman–Crippen LogP) is 4.42. The van der Waals surface area contributed by atoms with Crippen LogP contribution in [0, 0.1) is 0 Å². The van der Waals surface area contributed by atoms with Crippen molar-refractivity contribution in [1.82, 2.24) is 4.90 Å². The topological polar surface area (TPSA) is 65.1 Å². The van der Waals surface area contributed by atoms with Crippen LogP contribution in [0.4, 0.5) is 0 Å². The van der Waals surface area contributed by atoms with Crippen molar-refractivity contribution >= 4 is 46.3 Å². The lowest BCUT2D eigenvalue weighted by atomic mass is 10.2. The predicted molar refractivity (Wildman–Crippen MR) is 119 cm³/mol. The lowest BCUT2D eigenvalue weighted by Crippen LogP contribution is -2.29. The third kappa shape index (κ3) is 6.75. The van der Waals surface area contributed by atoms with Gasteiger partial charge < -0.3 is 14.2 Å². The zero-order valence-electron chi connectivity index (χ0n) is 17.1. The number of thiocarbonyl (C=S) groups is 1. The van der Waals surface area contributed by atoms with Crippen LogP contribution in [0.15, 0.2) is 23.1 Å². The highest BCUT2D eigenvalue weighted by Crippen LogP contribution is 2.34. The summed E-state index contributed by atoms with van der Waals surface area (Å²) in [6.07, 6.45) is 5.60. The molecule has 0 aliphatic carbocycles. The zero-order chi connectivity index (χ0) is 21.2. The maximum absolute atomic E-state index is 12.7. The van der Waals surface area contributed by atoms with Gasteiger partial charge in [-0.25, -0.2) is 0 Å². The average Bonchev–Trinajstić information content (AvgIpc) is 2.98. The highest BCUT2D eigenvalue weighted by atomic mass is 32.2. The van der Waals surface area contributed by atoms with E-state index in [1.807, 2.05) is 6.07 Å². The number of methoxy groups -OCH3 is 2. The third-order valence-electron chi connectivity index (χ3n) is 4.35. The van der Waals surface area contributed by atoms with Crippen LogP contribution in [0.1, 0.15) is 44.6 Å². The second-order valence-electron chi connectivity index (χ2n) is 6.48. The molecule has 2 rings (SSSR count). The minimum atomic E-state index is -0.229. The minimum Gasteiger partial charge on any atom is -0.493 e. The summed E-state index contributed by atoms with van der Waals surface area (Å²) >= 11 is 6.60. The van der Waals surface area contributed by atoms with E-state index in [2.05, 4.69) is 6.92 Å². The van der Waals surface area contributed by atoms with Crippen molar-refractivity contribution in [3.8, 4) is 11.5 Å². The van der Waals surface area contributed by atoms with E-state index in [0.717, 1.165) is 24.8 Å². The van der Waals surface area contributed by atoms with Crippen molar-refractivity contribution < 1.29 is 23.8 Å². The molecule has 6 nitrogen and oxygen atoms in total. The number of nitrogens with zero attached hydrogens (tertiary/aromatic N) is 1. The lowest BCUT2D eigenvalue weighted by molar-refractivity contribution is -0.144. The molecule has 1 aromatic carbocycles. The molecule has 0 aromatic heterocycles. The maximum Gasteiger partial charge on any atom is 0.305 e. The zero-order valence-corrected chi connectivity index (χ0v) is 18.7. The summed E-state index contributed by atoms with van der Waals surface area (Å²) in [4.78, 5) is 26.5. The Morgan fingerprint density at radius 2 is 1.93 bits per heavy atom. The Morgan fingerprint density at radius 3 is 2.62 bits per heavy atom. The fourth-order valence-electron chi connectivity index (χ4n) is 2.78. The number of ether oxygens (including phenoxy) is 3. The number of amides is 1. The number of hydrogen-bond donors (Lipinski definition) is 0. The second-order valence-corrected chi connectivity index (χ2v) is 8.15. The standard InChI is InChI=1S/C21H27NO5S2/c1-4-5-6-12-27-19(23)8-7-11-22-20(24)18(29-21(22)28)14-15-9-10-16(25-2)17(13-15)26-3/h9-10,13-14H,4-8,11-12H2,1-3H3/b18-14-. The molecular weight excluding hydrogens is 410 g/mol. The van der Waals surface area contributed by atoms with Gasteiger partial charge in [0.1, 0.15) is 4.32 Å². The third-order valence-corrected chi connectivity index (χ3v) is 5.73. The van der Waals surface area contributed by atoms with E-state index in [1.165, 1.54) is 16.7 Å². The first kappa shape index (κ1) is 23.2. The number of esters is 1. The van der Waals surface area contributed by atoms with Gasteiger partial charge in [-0.05, 0) is 36.6 Å². The average molecular weight is 438 g/mol. The van der Waals surface area contributed by atoms with E-state index in [9.17, 15) is 9.59 Å². The smallest absolute Gasteiger partial charge is 0.305 e. The summed E-state index contributed by atoms with van der Waals surface area (Å²) in [7, 11) is 3.14. The van der Waals surface area contributed by atoms with E-state index in [4.69, 9.17) is 26.4 Å². The summed E-state index contributed by atoms with van der Waals surface area (Å²) in [6, 6.07) is 5.44. The molecule has 1 amide bonds. The van der Waals surface area contributed by atoms with Crippen molar-refractivity contribution in [1.29, 1.82) is 0 Å². The Morgan fingerprint density at radius 1 is 1.17 bits per heavy atom. The molecule has 1 aromatic rings. The van der Waals surface area contributed by atoms with Crippen LogP contribution in [0.3, 0.4) is 0 Å². The summed E-state index contributed by atoms with van der Waals surface area (Å²) in [5, 5.41) is 0. The fraction of sp³-hybridized carbons (Fsp3) is 0.476. The van der Waals surface area contributed by atoms with Gasteiger partial charge in [0.2, 0.25) is 0 Å². The Labute approximate surface area is 181 Å². The van der Waals surface area contributed by atoms with Gasteiger partial charge in [0.25, 0.3) is 5.91 Å². The summed E-state index contributed by atoms with van der Waals surface area (Å²) in [5.74, 6) is 0.839. The van der Waals surface area contributed by atoms with Crippen LogP contribution < -0.4 is 9.47 Å². The SMILES string of the molecule is CCCCCOC(=O)CCCN1C(=O)/C(=C/c2ccc(OC)c(OC)c2)SC1=S. The first-order valence-electron chi connectivity index (χ1n) is 9.63. The van der Waals surface area contributed by atoms with Gasteiger partial charge in [0.15, 0.2) is 11.5 Å². The number of carbonyl (C=O) groups excluding carboxylic acids is 2. The van der Waals surface area contributed by atoms with Gasteiger partial charge in [-0.1, -0.05) is 49.8 Å². The molecule has 0 saturated carbocycles.